The number of hydrogen-bond donors (Lipinski definition) is 0. The molecule has 15 heavy (non-hydrogen) atoms. The molecule has 0 fully saturated rings. The summed E-state index contributed by atoms with van der Waals surface area (Å²) in [6.45, 7) is 2.53. The smallest absolute Gasteiger partial charge is 0.179 e. The summed E-state index contributed by atoms with van der Waals surface area (Å²) in [6.07, 6.45) is 0.746. The first-order valence-electron chi connectivity index (χ1n) is 4.85. The van der Waals surface area contributed by atoms with E-state index in [1.807, 2.05) is 18.4 Å². The highest BCUT2D eigenvalue weighted by molar-refractivity contribution is 7.12. The first kappa shape index (κ1) is 12.2. The largest absolute Gasteiger partial charge is 0.495 e. The van der Waals surface area contributed by atoms with E-state index in [0.29, 0.717) is 17.2 Å². The summed E-state index contributed by atoms with van der Waals surface area (Å²) in [5.74, 6) is 0.797. The van der Waals surface area contributed by atoms with Crippen LogP contribution >= 0.6 is 11.3 Å². The van der Waals surface area contributed by atoms with Gasteiger partial charge in [-0.2, -0.15) is 0 Å². The van der Waals surface area contributed by atoms with Crippen LogP contribution in [0.15, 0.2) is 11.4 Å². The van der Waals surface area contributed by atoms with Crippen molar-refractivity contribution in [1.82, 2.24) is 0 Å². The van der Waals surface area contributed by atoms with Gasteiger partial charge in [-0.25, -0.2) is 0 Å². The standard InChI is InChI=1S/C11H16O3S/c1-8(4-6-13-2)10(12)11-9(14-3)5-7-15-11/h5,7-8H,4,6H2,1-3H3. The number of methoxy groups -OCH3 is 2. The highest BCUT2D eigenvalue weighted by Crippen LogP contribution is 2.27. The van der Waals surface area contributed by atoms with Crippen molar-refractivity contribution in [3.05, 3.63) is 16.3 Å². The molecule has 0 radical (unpaired) electrons. The Hall–Kier alpha value is -0.870. The van der Waals surface area contributed by atoms with Crippen LogP contribution in [0.2, 0.25) is 0 Å². The van der Waals surface area contributed by atoms with Crippen molar-refractivity contribution in [1.29, 1.82) is 0 Å². The Bertz CT molecular complexity index is 319. The zero-order chi connectivity index (χ0) is 11.3. The molecule has 0 N–H and O–H groups in total. The molecule has 84 valence electrons. The van der Waals surface area contributed by atoms with Gasteiger partial charge in [0.1, 0.15) is 10.6 Å². The summed E-state index contributed by atoms with van der Waals surface area (Å²) in [5, 5.41) is 1.87. The summed E-state index contributed by atoms with van der Waals surface area (Å²) in [6, 6.07) is 1.82. The van der Waals surface area contributed by atoms with Gasteiger partial charge in [0.25, 0.3) is 0 Å². The maximum atomic E-state index is 12.0. The van der Waals surface area contributed by atoms with Crippen LogP contribution in [0.1, 0.15) is 23.0 Å². The fraction of sp³-hybridized carbons (Fsp3) is 0.545. The molecule has 1 heterocycles. The van der Waals surface area contributed by atoms with Gasteiger partial charge in [-0.3, -0.25) is 4.79 Å². The van der Waals surface area contributed by atoms with Crippen LogP contribution in [-0.4, -0.2) is 26.6 Å². The summed E-state index contributed by atoms with van der Waals surface area (Å²) in [5.41, 5.74) is 0. The zero-order valence-electron chi connectivity index (χ0n) is 9.28. The summed E-state index contributed by atoms with van der Waals surface area (Å²) < 4.78 is 10.1. The van der Waals surface area contributed by atoms with Crippen molar-refractivity contribution < 1.29 is 14.3 Å². The second kappa shape index (κ2) is 5.88. The first-order valence-corrected chi connectivity index (χ1v) is 5.73. The minimum Gasteiger partial charge on any atom is -0.495 e. The maximum Gasteiger partial charge on any atom is 0.179 e. The zero-order valence-corrected chi connectivity index (χ0v) is 10.1. The molecule has 0 aliphatic rings. The minimum atomic E-state index is -0.0162. The number of thiophene rings is 1. The molecule has 1 aromatic heterocycles. The van der Waals surface area contributed by atoms with Gasteiger partial charge in [0.15, 0.2) is 5.78 Å². The quantitative estimate of drug-likeness (QED) is 0.702. The predicted molar refractivity (Wildman–Crippen MR) is 60.9 cm³/mol. The van der Waals surface area contributed by atoms with E-state index in [1.165, 1.54) is 11.3 Å². The lowest BCUT2D eigenvalue weighted by atomic mass is 10.0. The summed E-state index contributed by atoms with van der Waals surface area (Å²) in [7, 11) is 3.22. The van der Waals surface area contributed by atoms with E-state index in [2.05, 4.69) is 0 Å². The van der Waals surface area contributed by atoms with E-state index in [9.17, 15) is 4.79 Å². The van der Waals surface area contributed by atoms with Crippen molar-refractivity contribution >= 4 is 17.1 Å². The van der Waals surface area contributed by atoms with Crippen LogP contribution in [0.3, 0.4) is 0 Å². The molecule has 0 aliphatic carbocycles. The summed E-state index contributed by atoms with van der Waals surface area (Å²) in [4.78, 5) is 12.7. The Morgan fingerprint density at radius 2 is 2.27 bits per heavy atom. The fourth-order valence-corrected chi connectivity index (χ4v) is 2.20. The van der Waals surface area contributed by atoms with Gasteiger partial charge < -0.3 is 9.47 Å². The van der Waals surface area contributed by atoms with Gasteiger partial charge in [0, 0.05) is 19.6 Å². The Kier molecular flexibility index (Phi) is 4.78. The lowest BCUT2D eigenvalue weighted by Gasteiger charge is -2.09. The third kappa shape index (κ3) is 3.04. The number of carbonyl (C=O) groups excluding carboxylic acids is 1. The molecule has 4 heteroatoms. The molecule has 0 saturated carbocycles. The number of rotatable bonds is 6. The normalized spacial score (nSPS) is 12.5. The first-order chi connectivity index (χ1) is 7.20. The molecule has 0 amide bonds. The second-order valence-corrected chi connectivity index (χ2v) is 4.28. The van der Waals surface area contributed by atoms with Crippen LogP contribution in [0, 0.1) is 5.92 Å². The number of ether oxygens (including phenoxy) is 2. The van der Waals surface area contributed by atoms with E-state index >= 15 is 0 Å². The Balaban J connectivity index is 2.67. The molecule has 0 aliphatic heterocycles. The van der Waals surface area contributed by atoms with E-state index in [0.717, 1.165) is 6.42 Å². The molecule has 0 bridgehead atoms. The van der Waals surface area contributed by atoms with Crippen molar-refractivity contribution in [3.8, 4) is 5.75 Å². The highest BCUT2D eigenvalue weighted by atomic mass is 32.1. The molecule has 0 aromatic carbocycles. The topological polar surface area (TPSA) is 35.5 Å². The monoisotopic (exact) mass is 228 g/mol. The highest BCUT2D eigenvalue weighted by Gasteiger charge is 2.19. The lowest BCUT2D eigenvalue weighted by Crippen LogP contribution is -2.12. The van der Waals surface area contributed by atoms with Gasteiger partial charge in [0.05, 0.1) is 7.11 Å². The Labute approximate surface area is 94.0 Å². The van der Waals surface area contributed by atoms with Gasteiger partial charge >= 0.3 is 0 Å². The molecule has 1 aromatic rings. The molecule has 1 atom stereocenters. The van der Waals surface area contributed by atoms with Gasteiger partial charge in [0.2, 0.25) is 0 Å². The SMILES string of the molecule is COCCC(C)C(=O)c1sccc1OC. The molecule has 1 unspecified atom stereocenters. The Morgan fingerprint density at radius 3 is 2.87 bits per heavy atom. The second-order valence-electron chi connectivity index (χ2n) is 3.36. The van der Waals surface area contributed by atoms with Crippen molar-refractivity contribution in [2.24, 2.45) is 5.92 Å². The van der Waals surface area contributed by atoms with Crippen LogP contribution in [0.25, 0.3) is 0 Å². The number of carbonyl (C=O) groups is 1. The summed E-state index contributed by atoms with van der Waals surface area (Å²) >= 11 is 1.43. The molecule has 0 saturated heterocycles. The van der Waals surface area contributed by atoms with Crippen molar-refractivity contribution in [3.63, 3.8) is 0 Å². The average molecular weight is 228 g/mol. The maximum absolute atomic E-state index is 12.0. The van der Waals surface area contributed by atoms with E-state index in [-0.39, 0.29) is 11.7 Å². The van der Waals surface area contributed by atoms with Crippen molar-refractivity contribution in [2.45, 2.75) is 13.3 Å². The van der Waals surface area contributed by atoms with Gasteiger partial charge in [-0.15, -0.1) is 11.3 Å². The minimum absolute atomic E-state index is 0.0162. The third-order valence-electron chi connectivity index (χ3n) is 2.28. The number of ketones is 1. The molecular formula is C11H16O3S. The van der Waals surface area contributed by atoms with Crippen molar-refractivity contribution in [2.75, 3.05) is 20.8 Å². The number of Topliss-reactive ketones (excluding diaryl/α,β-unsaturated/α-hetero) is 1. The predicted octanol–water partition coefficient (Wildman–Crippen LogP) is 2.61. The van der Waals surface area contributed by atoms with E-state index in [1.54, 1.807) is 14.2 Å². The van der Waals surface area contributed by atoms with E-state index in [4.69, 9.17) is 9.47 Å². The van der Waals surface area contributed by atoms with Crippen LogP contribution in [-0.2, 0) is 4.74 Å². The lowest BCUT2D eigenvalue weighted by molar-refractivity contribution is 0.0895. The van der Waals surface area contributed by atoms with Crippen LogP contribution < -0.4 is 4.74 Å². The molecule has 0 spiro atoms. The molecule has 1 rings (SSSR count). The molecular weight excluding hydrogens is 212 g/mol. The van der Waals surface area contributed by atoms with Gasteiger partial charge in [-0.1, -0.05) is 6.92 Å². The van der Waals surface area contributed by atoms with Gasteiger partial charge in [-0.05, 0) is 17.9 Å². The van der Waals surface area contributed by atoms with E-state index < -0.39 is 0 Å². The molecule has 3 nitrogen and oxygen atoms in total. The fourth-order valence-electron chi connectivity index (χ4n) is 1.29. The van der Waals surface area contributed by atoms with Crippen LogP contribution in [0.5, 0.6) is 5.75 Å². The number of hydrogen-bond acceptors (Lipinski definition) is 4. The third-order valence-corrected chi connectivity index (χ3v) is 3.19. The Morgan fingerprint density at radius 1 is 1.53 bits per heavy atom. The van der Waals surface area contributed by atoms with Crippen LogP contribution in [0.4, 0.5) is 0 Å². The average Bonchev–Trinajstić information content (AvgIpc) is 2.72.